The molecular weight excluding hydrogens is 1090 g/mol. The number of aliphatic hydroxyl groups is 2. The molecule has 0 bridgehead atoms. The van der Waals surface area contributed by atoms with E-state index >= 15 is 0 Å². The van der Waals surface area contributed by atoms with Crippen molar-refractivity contribution in [1.29, 1.82) is 0 Å². The Bertz CT molecular complexity index is 2580. The maximum Gasteiger partial charge on any atom is 0.469 e. The molecule has 0 radical (unpaired) electrons. The molecule has 28 nitrogen and oxygen atoms in total. The first-order valence-corrected chi connectivity index (χ1v) is 27.3. The molecule has 0 unspecified atom stereocenters. The molecule has 0 spiro atoms. The minimum absolute atomic E-state index is 0.0352. The number of nitrogen functional groups attached to an aromatic ring is 1. The largest absolute Gasteiger partial charge is 0.542 e. The molecule has 79 heavy (non-hydrogen) atoms. The molecule has 0 amide bonds. The molecule has 21 N–H and O–H groups in total. The van der Waals surface area contributed by atoms with Gasteiger partial charge in [-0.15, -0.1) is 0 Å². The number of benzene rings is 4. The van der Waals surface area contributed by atoms with E-state index in [1.54, 1.807) is 87.6 Å². The maximum absolute atomic E-state index is 11.6. The van der Waals surface area contributed by atoms with Crippen LogP contribution in [0.25, 0.3) is 0 Å². The lowest BCUT2D eigenvalue weighted by Crippen LogP contribution is -2.72. The molecular formula is C42H71B4F3N14O14P2. The van der Waals surface area contributed by atoms with Crippen LogP contribution in [0.15, 0.2) is 117 Å². The average Bonchev–Trinajstić information content (AvgIpc) is 3.94. The lowest BCUT2D eigenvalue weighted by Gasteiger charge is -2.14. The standard InChI is InChI=1S/C12H22B2N3O4P.C10H17B2N3O3.C8H12N3O4P.C7H9NO.C2HF3O2.C2H6.CH4N4/c1-13(18)16-12(17-14(2)19)15-11-7-5-6-10(8-11)9-21-22(3,4)20;1-11(17)14-10(15-12(2)18)13-9-5-3-4-8(6-9)7-16;9-8(10)11-7-3-1-2-6(4-7)5-15-16(12,13)14;8-7-3-1-2-6(4-7)5-9;3-2(4,5)1(6)7;1-2;1-2-4-5-3-1/h5-8,18-19H,9H2,1-4H3,(H2,15,16,17);3-6,16-18H,7H2,1-2H3,(H2,13,14,15);1-4H,5H2,(H4,9,10,11)(H2,12,13,14);1-4,9H,5,8H2;(H,6,7);1-2H3;1H2,(H,2,5)(H,3,4). The fourth-order valence-corrected chi connectivity index (χ4v) is 5.68. The van der Waals surface area contributed by atoms with Crippen LogP contribution in [0.1, 0.15) is 36.1 Å². The quantitative estimate of drug-likeness (QED) is 0.0242. The average molecular weight is 1160 g/mol. The second-order valence-electron chi connectivity index (χ2n) is 15.6. The number of rotatable bonds is 15. The molecule has 1 aliphatic heterocycles. The summed E-state index contributed by atoms with van der Waals surface area (Å²) >= 11 is 0. The van der Waals surface area contributed by atoms with E-state index in [4.69, 9.17) is 51.6 Å². The number of nitrogens with one attached hydrogen (secondary N) is 7. The van der Waals surface area contributed by atoms with Gasteiger partial charge in [0.1, 0.15) is 12.6 Å². The fourth-order valence-electron chi connectivity index (χ4n) is 4.90. The number of guanidine groups is 3. The number of alkyl halides is 3. The summed E-state index contributed by atoms with van der Waals surface area (Å²) in [5, 5.41) is 81.7. The Balaban J connectivity index is 0. The number of halogens is 3. The molecule has 4 aromatic carbocycles. The Morgan fingerprint density at radius 3 is 1.51 bits per heavy atom. The number of hydrogen-bond acceptors (Lipinski definition) is 19. The van der Waals surface area contributed by atoms with Crippen LogP contribution < -0.4 is 59.3 Å². The van der Waals surface area contributed by atoms with E-state index in [1.807, 2.05) is 50.2 Å². The smallest absolute Gasteiger partial charge is 0.469 e. The summed E-state index contributed by atoms with van der Waals surface area (Å²) in [5.41, 5.74) is 26.8. The van der Waals surface area contributed by atoms with Crippen molar-refractivity contribution in [3.63, 3.8) is 0 Å². The van der Waals surface area contributed by atoms with Gasteiger partial charge >= 0.3 is 48.2 Å². The van der Waals surface area contributed by atoms with Crippen LogP contribution in [-0.2, 0) is 49.4 Å². The van der Waals surface area contributed by atoms with E-state index < -0.39 is 55.5 Å². The first-order chi connectivity index (χ1) is 36.8. The SMILES string of the molecule is C1N=NNN1.CB(O)N=C(NB(C)O)Nc1cccc(CO)c1.CB(O)N=C(NB(C)O)Nc1cccc(COP(C)(C)=O)c1.CC.NC(N)=[NH+]c1cccc(COP(=O)(O)O)c1.Nc1cccc(CO)c1.O=C([O-])C(F)(F)F. The molecule has 37 heteroatoms. The highest BCUT2D eigenvalue weighted by atomic mass is 31.2. The van der Waals surface area contributed by atoms with Crippen molar-refractivity contribution in [3.8, 4) is 0 Å². The third-order valence-corrected chi connectivity index (χ3v) is 8.97. The Kier molecular flexibility index (Phi) is 38.3. The predicted molar refractivity (Wildman–Crippen MR) is 299 cm³/mol. The summed E-state index contributed by atoms with van der Waals surface area (Å²) < 4.78 is 63.3. The van der Waals surface area contributed by atoms with E-state index in [2.05, 4.69) is 61.7 Å². The Labute approximate surface area is 457 Å². The molecule has 4 aromatic rings. The van der Waals surface area contributed by atoms with Crippen LogP contribution in [0.2, 0.25) is 27.3 Å². The van der Waals surface area contributed by atoms with Crippen LogP contribution in [0, 0.1) is 0 Å². The minimum atomic E-state index is -5.19. The number of nitrogens with zero attached hydrogens (tertiary/aromatic N) is 4. The van der Waals surface area contributed by atoms with Gasteiger partial charge in [-0.05, 0) is 98.1 Å². The molecule has 0 fully saturated rings. The number of phosphoric ester groups is 1. The Morgan fingerprint density at radius 2 is 1.16 bits per heavy atom. The highest BCUT2D eigenvalue weighted by Crippen LogP contribution is 2.38. The van der Waals surface area contributed by atoms with Crippen LogP contribution in [0.4, 0.5) is 35.9 Å². The van der Waals surface area contributed by atoms with Gasteiger partial charge in [-0.1, -0.05) is 67.6 Å². The highest BCUT2D eigenvalue weighted by molar-refractivity contribution is 7.57. The molecule has 1 heterocycles. The minimum Gasteiger partial charge on any atom is -0.542 e. The van der Waals surface area contributed by atoms with Gasteiger partial charge in [-0.3, -0.25) is 30.4 Å². The van der Waals surface area contributed by atoms with Crippen LogP contribution in [-0.4, -0.2) is 118 Å². The first kappa shape index (κ1) is 74.5. The number of aliphatic hydroxyl groups excluding tert-OH is 2. The third kappa shape index (κ3) is 44.0. The molecule has 436 valence electrons. The molecule has 0 aliphatic carbocycles. The van der Waals surface area contributed by atoms with Crippen molar-refractivity contribution in [2.75, 3.05) is 36.4 Å². The predicted octanol–water partition coefficient (Wildman–Crippen LogP) is -0.138. The summed E-state index contributed by atoms with van der Waals surface area (Å²) in [6.45, 7) is 13.9. The number of phosphoric acid groups is 1. The zero-order chi connectivity index (χ0) is 60.8. The van der Waals surface area contributed by atoms with E-state index in [9.17, 15) is 42.4 Å². The Morgan fingerprint density at radius 1 is 0.747 bits per heavy atom. The molecule has 0 atom stereocenters. The zero-order valence-corrected chi connectivity index (χ0v) is 46.4. The van der Waals surface area contributed by atoms with Gasteiger partial charge in [-0.2, -0.15) is 23.7 Å². The van der Waals surface area contributed by atoms with Crippen molar-refractivity contribution in [1.82, 2.24) is 21.4 Å². The summed E-state index contributed by atoms with van der Waals surface area (Å²) in [4.78, 5) is 36.3. The fraction of sp³-hybridized carbons (Fsp3) is 0.333. The number of carbonyl (C=O) groups is 1. The summed E-state index contributed by atoms with van der Waals surface area (Å²) in [6.07, 6.45) is -5.19. The van der Waals surface area contributed by atoms with E-state index in [1.165, 1.54) is 13.6 Å². The number of hydrazine groups is 1. The second kappa shape index (κ2) is 40.6. The van der Waals surface area contributed by atoms with Gasteiger partial charge < -0.3 is 81.3 Å². The highest BCUT2D eigenvalue weighted by Gasteiger charge is 2.29. The van der Waals surface area contributed by atoms with Crippen molar-refractivity contribution in [3.05, 3.63) is 119 Å². The van der Waals surface area contributed by atoms with Gasteiger partial charge in [0.15, 0.2) is 19.3 Å². The first-order valence-electron chi connectivity index (χ1n) is 23.3. The summed E-state index contributed by atoms with van der Waals surface area (Å²) in [7, 11) is -10.4. The Hall–Kier alpha value is -6.57. The number of anilines is 3. The number of aliphatic carboxylic acids is 1. The molecule has 1 aliphatic rings. The number of carbonyl (C=O) groups excluding carboxylic acids is 1. The van der Waals surface area contributed by atoms with Gasteiger partial charge in [0.2, 0.25) is 0 Å². The normalized spacial score (nSPS) is 11.5. The number of nitrogens with two attached hydrogens (primary N) is 3. The second-order valence-corrected chi connectivity index (χ2v) is 19.6. The number of carboxylic acids is 1. The van der Waals surface area contributed by atoms with E-state index in [-0.39, 0.29) is 44.3 Å². The lowest BCUT2D eigenvalue weighted by atomic mass is 9.88. The topological polar surface area (TPSA) is 468 Å². The molecule has 5 rings (SSSR count). The number of carboxylic acid groups (broad SMARTS) is 1. The van der Waals surface area contributed by atoms with Crippen molar-refractivity contribution >= 4 is 90.0 Å². The monoisotopic (exact) mass is 1160 g/mol. The van der Waals surface area contributed by atoms with E-state index in [0.717, 1.165) is 16.7 Å². The van der Waals surface area contributed by atoms with Gasteiger partial charge in [-0.25, -0.2) is 15.1 Å². The van der Waals surface area contributed by atoms with Crippen LogP contribution in [0.3, 0.4) is 0 Å². The molecule has 0 aromatic heterocycles. The van der Waals surface area contributed by atoms with Crippen LogP contribution >= 0.6 is 15.2 Å². The van der Waals surface area contributed by atoms with Crippen molar-refractivity contribution in [2.45, 2.75) is 73.7 Å². The maximum atomic E-state index is 11.6. The van der Waals surface area contributed by atoms with Gasteiger partial charge in [0.25, 0.3) is 0 Å². The zero-order valence-electron chi connectivity index (χ0n) is 44.7. The van der Waals surface area contributed by atoms with Gasteiger partial charge in [0, 0.05) is 30.4 Å². The molecule has 0 saturated heterocycles. The van der Waals surface area contributed by atoms with Crippen molar-refractivity contribution in [2.24, 2.45) is 31.6 Å². The number of hydrogen-bond donors (Lipinski definition) is 18. The van der Waals surface area contributed by atoms with E-state index in [0.29, 0.717) is 35.0 Å². The lowest BCUT2D eigenvalue weighted by molar-refractivity contribution is -0.356. The molecule has 0 saturated carbocycles. The van der Waals surface area contributed by atoms with Crippen LogP contribution in [0.5, 0.6) is 0 Å². The third-order valence-electron chi connectivity index (χ3n) is 7.76. The summed E-state index contributed by atoms with van der Waals surface area (Å²) in [5.74, 6) is -2.46. The van der Waals surface area contributed by atoms with Gasteiger partial charge in [0.05, 0.1) is 32.1 Å². The van der Waals surface area contributed by atoms with Crippen molar-refractivity contribution < 1.29 is 86.3 Å². The summed E-state index contributed by atoms with van der Waals surface area (Å²) in [6, 6.07) is 28.3.